The average Bonchev–Trinajstić information content (AvgIpc) is 2.97. The maximum Gasteiger partial charge on any atom is 0.187 e. The van der Waals surface area contributed by atoms with Crippen LogP contribution in [0.3, 0.4) is 0 Å². The Labute approximate surface area is 243 Å². The van der Waals surface area contributed by atoms with Gasteiger partial charge in [0.05, 0.1) is 55.9 Å². The highest BCUT2D eigenvalue weighted by atomic mass is 16.8. The Hall–Kier alpha value is -0.600. The highest BCUT2D eigenvalue weighted by Gasteiger charge is 2.53. The summed E-state index contributed by atoms with van der Waals surface area (Å²) >= 11 is 0. The fraction of sp³-hybridized carbons (Fsp3) is 1.00. The van der Waals surface area contributed by atoms with E-state index in [-0.39, 0.29) is 24.9 Å². The Kier molecular flexibility index (Phi) is 10.8. The smallest absolute Gasteiger partial charge is 0.187 e. The minimum absolute atomic E-state index is 0.146. The molecule has 0 aromatic carbocycles. The zero-order valence-electron chi connectivity index (χ0n) is 23.5. The van der Waals surface area contributed by atoms with Crippen molar-refractivity contribution in [3.05, 3.63) is 0 Å². The third-order valence-corrected chi connectivity index (χ3v) is 9.64. The van der Waals surface area contributed by atoms with Crippen LogP contribution < -0.4 is 0 Å². The summed E-state index contributed by atoms with van der Waals surface area (Å²) in [6.07, 6.45) is -15.7. The molecule has 9 unspecified atom stereocenters. The van der Waals surface area contributed by atoms with E-state index < -0.39 is 105 Å². The van der Waals surface area contributed by atoms with Gasteiger partial charge < -0.3 is 74.4 Å². The van der Waals surface area contributed by atoms with Crippen molar-refractivity contribution in [3.63, 3.8) is 0 Å². The van der Waals surface area contributed by atoms with Gasteiger partial charge >= 0.3 is 0 Å². The first-order chi connectivity index (χ1) is 20.0. The molecular weight excluding hydrogens is 564 g/mol. The quantitative estimate of drug-likeness (QED) is 0.134. The third kappa shape index (κ3) is 6.66. The van der Waals surface area contributed by atoms with Gasteiger partial charge in [-0.15, -0.1) is 0 Å². The van der Waals surface area contributed by atoms with Crippen LogP contribution in [0.2, 0.25) is 0 Å². The summed E-state index contributed by atoms with van der Waals surface area (Å²) in [5, 5.41) is 93.3. The highest BCUT2D eigenvalue weighted by molar-refractivity contribution is 4.99. The van der Waals surface area contributed by atoms with Crippen LogP contribution in [0.1, 0.15) is 38.5 Å². The van der Waals surface area contributed by atoms with Crippen LogP contribution in [0.15, 0.2) is 0 Å². The molecule has 0 spiro atoms. The molecule has 0 aromatic heterocycles. The summed E-state index contributed by atoms with van der Waals surface area (Å²) in [5.74, 6) is -0.526. The molecule has 0 amide bonds. The molecule has 2 saturated carbocycles. The number of hydrogen-bond acceptors (Lipinski definition) is 15. The molecular formula is C27H46O15. The average molecular weight is 611 g/mol. The molecule has 3 saturated heterocycles. The van der Waals surface area contributed by atoms with E-state index >= 15 is 0 Å². The fourth-order valence-electron chi connectivity index (χ4n) is 7.18. The van der Waals surface area contributed by atoms with Gasteiger partial charge in [-0.25, -0.2) is 0 Å². The number of aliphatic hydroxyl groups excluding tert-OH is 9. The normalized spacial score (nSPS) is 53.9. The maximum atomic E-state index is 11.0. The van der Waals surface area contributed by atoms with E-state index in [0.717, 1.165) is 0 Å². The van der Waals surface area contributed by atoms with Crippen molar-refractivity contribution < 1.29 is 74.4 Å². The van der Waals surface area contributed by atoms with Gasteiger partial charge in [-0.2, -0.15) is 0 Å². The largest absolute Gasteiger partial charge is 0.394 e. The van der Waals surface area contributed by atoms with E-state index in [1.54, 1.807) is 0 Å². The van der Waals surface area contributed by atoms with Gasteiger partial charge in [-0.1, -0.05) is 0 Å². The van der Waals surface area contributed by atoms with Crippen molar-refractivity contribution in [2.45, 2.75) is 137 Å². The van der Waals surface area contributed by atoms with E-state index in [0.29, 0.717) is 32.1 Å². The Bertz CT molecular complexity index is 867. The summed E-state index contributed by atoms with van der Waals surface area (Å²) in [6.45, 7) is -1.01. The Morgan fingerprint density at radius 1 is 0.690 bits per heavy atom. The van der Waals surface area contributed by atoms with Gasteiger partial charge in [0.2, 0.25) is 0 Å². The molecule has 5 rings (SSSR count). The lowest BCUT2D eigenvalue weighted by Gasteiger charge is -2.51. The Balaban J connectivity index is 1.40. The lowest BCUT2D eigenvalue weighted by Crippen LogP contribution is -2.64. The first-order valence-corrected chi connectivity index (χ1v) is 14.8. The molecule has 0 radical (unpaired) electrons. The van der Waals surface area contributed by atoms with Crippen molar-refractivity contribution in [2.24, 2.45) is 11.8 Å². The van der Waals surface area contributed by atoms with Crippen LogP contribution in [0.25, 0.3) is 0 Å². The van der Waals surface area contributed by atoms with E-state index in [4.69, 9.17) is 28.4 Å². The number of aliphatic hydroxyl groups is 9. The van der Waals surface area contributed by atoms with Crippen molar-refractivity contribution in [2.75, 3.05) is 20.3 Å². The summed E-state index contributed by atoms with van der Waals surface area (Å²) in [5.41, 5.74) is 0. The number of hydrogen-bond donors (Lipinski definition) is 9. The van der Waals surface area contributed by atoms with E-state index in [9.17, 15) is 46.0 Å². The topological polar surface area (TPSA) is 237 Å². The summed E-state index contributed by atoms with van der Waals surface area (Å²) in [6, 6.07) is 0. The summed E-state index contributed by atoms with van der Waals surface area (Å²) < 4.78 is 35.4. The second-order valence-corrected chi connectivity index (χ2v) is 12.4. The van der Waals surface area contributed by atoms with E-state index in [1.165, 1.54) is 7.11 Å². The summed E-state index contributed by atoms with van der Waals surface area (Å²) in [4.78, 5) is 0. The first-order valence-electron chi connectivity index (χ1n) is 14.8. The van der Waals surface area contributed by atoms with Crippen LogP contribution in [-0.2, 0) is 28.4 Å². The molecule has 5 aliphatic rings. The molecule has 0 bridgehead atoms. The van der Waals surface area contributed by atoms with Crippen LogP contribution in [-0.4, -0.2) is 164 Å². The predicted molar refractivity (Wildman–Crippen MR) is 137 cm³/mol. The zero-order chi connectivity index (χ0) is 30.3. The lowest BCUT2D eigenvalue weighted by atomic mass is 9.72. The second-order valence-electron chi connectivity index (χ2n) is 12.4. The van der Waals surface area contributed by atoms with Crippen LogP contribution >= 0.6 is 0 Å². The highest BCUT2D eigenvalue weighted by Crippen LogP contribution is 2.44. The number of fused-ring (bicyclic) bond motifs is 1. The molecule has 5 fully saturated rings. The Morgan fingerprint density at radius 2 is 1.45 bits per heavy atom. The lowest BCUT2D eigenvalue weighted by molar-refractivity contribution is -0.371. The van der Waals surface area contributed by atoms with Gasteiger partial charge in [-0.3, -0.25) is 0 Å². The second kappa shape index (κ2) is 13.8. The van der Waals surface area contributed by atoms with Gasteiger partial charge in [0.1, 0.15) is 42.7 Å². The monoisotopic (exact) mass is 610 g/mol. The number of rotatable bonds is 7. The molecule has 3 heterocycles. The molecule has 18 atom stereocenters. The number of methoxy groups -OCH3 is 1. The molecule has 2 aliphatic carbocycles. The summed E-state index contributed by atoms with van der Waals surface area (Å²) in [7, 11) is 1.52. The molecule has 0 aromatic rings. The zero-order valence-corrected chi connectivity index (χ0v) is 23.5. The molecule has 3 aliphatic heterocycles. The van der Waals surface area contributed by atoms with Crippen LogP contribution in [0.5, 0.6) is 0 Å². The molecule has 9 N–H and O–H groups in total. The van der Waals surface area contributed by atoms with Crippen LogP contribution in [0, 0.1) is 11.8 Å². The molecule has 42 heavy (non-hydrogen) atoms. The minimum Gasteiger partial charge on any atom is -0.394 e. The van der Waals surface area contributed by atoms with E-state index in [2.05, 4.69) is 0 Å². The minimum atomic E-state index is -1.69. The Morgan fingerprint density at radius 3 is 2.17 bits per heavy atom. The maximum absolute atomic E-state index is 11.0. The molecule has 15 nitrogen and oxygen atoms in total. The van der Waals surface area contributed by atoms with Crippen molar-refractivity contribution in [3.8, 4) is 0 Å². The first kappa shape index (κ1) is 32.8. The van der Waals surface area contributed by atoms with Crippen molar-refractivity contribution in [1.82, 2.24) is 0 Å². The van der Waals surface area contributed by atoms with Gasteiger partial charge in [0.25, 0.3) is 0 Å². The predicted octanol–water partition coefficient (Wildman–Crippen LogP) is -3.90. The van der Waals surface area contributed by atoms with Crippen molar-refractivity contribution in [1.29, 1.82) is 0 Å². The van der Waals surface area contributed by atoms with Crippen LogP contribution in [0.4, 0.5) is 0 Å². The number of ether oxygens (including phenoxy) is 6. The van der Waals surface area contributed by atoms with E-state index in [1.807, 2.05) is 0 Å². The molecule has 15 heteroatoms. The SMILES string of the molecule is COC1CC(C2OC3CC(O)CC(O)C3CC2O[C@@H]2O[C@H](CO)[C@@H](O)[C@H](O)[C@H]2O[C@@H]2OC[C@@H](O)[C@H](O)[C@H]2O)CCC1O. The molecule has 244 valence electrons. The third-order valence-electron chi connectivity index (χ3n) is 9.64. The van der Waals surface area contributed by atoms with Crippen molar-refractivity contribution >= 4 is 0 Å². The standard InChI is InChI=1S/C27H46O15/c1-37-17-4-10(2-3-13(17)30)24-18(7-12-14(31)5-11(29)6-16(12)39-24)40-27-25(22(35)21(34)19(8-28)41-27)42-26-23(36)20(33)15(32)9-38-26/h10-36H,2-9H2,1H3/t10?,11?,12?,13?,14?,15-,16?,17?,18?,19-,20+,21-,22+,23-,24?,25-,26+,27-/m1/s1. The van der Waals surface area contributed by atoms with Gasteiger partial charge in [0.15, 0.2) is 12.6 Å². The fourth-order valence-corrected chi connectivity index (χ4v) is 7.18. The van der Waals surface area contributed by atoms with Gasteiger partial charge in [0, 0.05) is 13.0 Å². The van der Waals surface area contributed by atoms with Gasteiger partial charge in [-0.05, 0) is 44.4 Å².